The Morgan fingerprint density at radius 2 is 2.24 bits per heavy atom. The molecule has 1 amide bonds. The largest absolute Gasteiger partial charge is 0.507 e. The Morgan fingerprint density at radius 3 is 2.76 bits per heavy atom. The minimum absolute atomic E-state index is 0.0916. The van der Waals surface area contributed by atoms with E-state index in [-0.39, 0.29) is 17.7 Å². The molecule has 1 aromatic carbocycles. The number of amides is 1. The molecule has 1 aliphatic carbocycles. The molecule has 1 unspecified atom stereocenters. The number of hydrogen-bond acceptors (Lipinski definition) is 2. The fraction of sp³-hybridized carbons (Fsp3) is 0.462. The van der Waals surface area contributed by atoms with Crippen LogP contribution >= 0.6 is 15.9 Å². The Hall–Kier alpha value is -1.03. The summed E-state index contributed by atoms with van der Waals surface area (Å²) in [4.78, 5) is 11.9. The number of carbonyl (C=O) groups excluding carboxylic acids is 1. The SMILES string of the molecule is CC(NC(=O)c1ccc(Br)c(O)c1)C1CCC1. The lowest BCUT2D eigenvalue weighted by atomic mass is 9.80. The second-order valence-electron chi connectivity index (χ2n) is 4.62. The predicted molar refractivity (Wildman–Crippen MR) is 70.1 cm³/mol. The molecule has 17 heavy (non-hydrogen) atoms. The first-order chi connectivity index (χ1) is 8.08. The Bertz CT molecular complexity index is 429. The molecule has 1 atom stereocenters. The zero-order valence-corrected chi connectivity index (χ0v) is 11.3. The van der Waals surface area contributed by atoms with Crippen LogP contribution in [-0.2, 0) is 0 Å². The van der Waals surface area contributed by atoms with Crippen molar-refractivity contribution in [2.45, 2.75) is 32.2 Å². The lowest BCUT2D eigenvalue weighted by Crippen LogP contribution is -2.40. The van der Waals surface area contributed by atoms with Crippen molar-refractivity contribution < 1.29 is 9.90 Å². The van der Waals surface area contributed by atoms with Gasteiger partial charge in [0.2, 0.25) is 0 Å². The van der Waals surface area contributed by atoms with Crippen LogP contribution in [0.5, 0.6) is 5.75 Å². The number of benzene rings is 1. The van der Waals surface area contributed by atoms with Gasteiger partial charge in [0.25, 0.3) is 5.91 Å². The molecule has 0 aliphatic heterocycles. The third-order valence-corrected chi connectivity index (χ3v) is 4.09. The van der Waals surface area contributed by atoms with E-state index in [1.54, 1.807) is 12.1 Å². The summed E-state index contributed by atoms with van der Waals surface area (Å²) in [5.74, 6) is 0.587. The molecule has 0 heterocycles. The topological polar surface area (TPSA) is 49.3 Å². The summed E-state index contributed by atoms with van der Waals surface area (Å²) in [6.45, 7) is 2.04. The number of nitrogens with one attached hydrogen (secondary N) is 1. The van der Waals surface area contributed by atoms with E-state index >= 15 is 0 Å². The molecule has 2 N–H and O–H groups in total. The summed E-state index contributed by atoms with van der Waals surface area (Å²) in [7, 11) is 0. The van der Waals surface area contributed by atoms with Gasteiger partial charge in [0, 0.05) is 11.6 Å². The van der Waals surface area contributed by atoms with Gasteiger partial charge in [-0.05, 0) is 59.8 Å². The standard InChI is InChI=1S/C13H16BrNO2/c1-8(9-3-2-4-9)15-13(17)10-5-6-11(14)12(16)7-10/h5-9,16H,2-4H2,1H3,(H,15,17). The van der Waals surface area contributed by atoms with Crippen molar-refractivity contribution in [1.82, 2.24) is 5.32 Å². The molecule has 3 nitrogen and oxygen atoms in total. The van der Waals surface area contributed by atoms with Gasteiger partial charge in [0.1, 0.15) is 5.75 Å². The van der Waals surface area contributed by atoms with E-state index in [9.17, 15) is 9.90 Å². The van der Waals surface area contributed by atoms with Crippen molar-refractivity contribution in [2.24, 2.45) is 5.92 Å². The van der Waals surface area contributed by atoms with Crippen molar-refractivity contribution >= 4 is 21.8 Å². The number of carbonyl (C=O) groups is 1. The number of rotatable bonds is 3. The number of phenolic OH excluding ortho intramolecular Hbond substituents is 1. The van der Waals surface area contributed by atoms with Crippen molar-refractivity contribution in [2.75, 3.05) is 0 Å². The first-order valence-corrected chi connectivity index (χ1v) is 6.66. The molecule has 0 saturated heterocycles. The Morgan fingerprint density at radius 1 is 1.53 bits per heavy atom. The molecule has 1 aromatic rings. The summed E-state index contributed by atoms with van der Waals surface area (Å²) < 4.78 is 0.598. The zero-order chi connectivity index (χ0) is 12.4. The minimum atomic E-state index is -0.118. The monoisotopic (exact) mass is 297 g/mol. The van der Waals surface area contributed by atoms with Crippen molar-refractivity contribution in [3.05, 3.63) is 28.2 Å². The molecular weight excluding hydrogens is 282 g/mol. The van der Waals surface area contributed by atoms with Gasteiger partial charge in [-0.1, -0.05) is 6.42 Å². The molecule has 1 fully saturated rings. The van der Waals surface area contributed by atoms with Crippen LogP contribution in [0.2, 0.25) is 0 Å². The molecule has 1 aliphatic rings. The van der Waals surface area contributed by atoms with Gasteiger partial charge >= 0.3 is 0 Å². The number of halogens is 1. The molecule has 0 radical (unpaired) electrons. The van der Waals surface area contributed by atoms with E-state index in [2.05, 4.69) is 21.2 Å². The summed E-state index contributed by atoms with van der Waals surface area (Å²) in [5.41, 5.74) is 0.497. The van der Waals surface area contributed by atoms with E-state index in [1.165, 1.54) is 25.3 Å². The highest BCUT2D eigenvalue weighted by Crippen LogP contribution is 2.29. The molecule has 4 heteroatoms. The Labute approximate surface area is 109 Å². The number of phenols is 1. The Kier molecular flexibility index (Phi) is 3.72. The maximum atomic E-state index is 11.9. The highest BCUT2D eigenvalue weighted by atomic mass is 79.9. The fourth-order valence-electron chi connectivity index (χ4n) is 2.00. The van der Waals surface area contributed by atoms with E-state index in [4.69, 9.17) is 0 Å². The molecular formula is C13H16BrNO2. The molecule has 1 saturated carbocycles. The molecule has 0 aromatic heterocycles. The van der Waals surface area contributed by atoms with Crippen molar-refractivity contribution in [1.29, 1.82) is 0 Å². The summed E-state index contributed by atoms with van der Waals surface area (Å²) in [6, 6.07) is 5.07. The lowest BCUT2D eigenvalue weighted by Gasteiger charge is -2.31. The molecule has 92 valence electrons. The van der Waals surface area contributed by atoms with E-state index in [0.29, 0.717) is 16.0 Å². The fourth-order valence-corrected chi connectivity index (χ4v) is 2.25. The quantitative estimate of drug-likeness (QED) is 0.901. The summed E-state index contributed by atoms with van der Waals surface area (Å²) in [5, 5.41) is 12.5. The highest BCUT2D eigenvalue weighted by Gasteiger charge is 2.25. The smallest absolute Gasteiger partial charge is 0.251 e. The minimum Gasteiger partial charge on any atom is -0.507 e. The molecule has 2 rings (SSSR count). The second-order valence-corrected chi connectivity index (χ2v) is 5.47. The lowest BCUT2D eigenvalue weighted by molar-refractivity contribution is 0.0909. The first kappa shape index (κ1) is 12.4. The van der Waals surface area contributed by atoms with Crippen LogP contribution in [0.15, 0.2) is 22.7 Å². The van der Waals surface area contributed by atoms with Gasteiger partial charge in [-0.2, -0.15) is 0 Å². The van der Waals surface area contributed by atoms with E-state index in [1.807, 2.05) is 6.92 Å². The van der Waals surface area contributed by atoms with Gasteiger partial charge in [0.05, 0.1) is 4.47 Å². The maximum Gasteiger partial charge on any atom is 0.251 e. The normalized spacial score (nSPS) is 17.3. The average molecular weight is 298 g/mol. The first-order valence-electron chi connectivity index (χ1n) is 5.87. The van der Waals surface area contributed by atoms with Gasteiger partial charge in [-0.3, -0.25) is 4.79 Å². The number of hydrogen-bond donors (Lipinski definition) is 2. The average Bonchev–Trinajstić information content (AvgIpc) is 2.19. The summed E-state index contributed by atoms with van der Waals surface area (Å²) in [6.07, 6.45) is 3.67. The van der Waals surface area contributed by atoms with E-state index in [0.717, 1.165) is 0 Å². The number of aromatic hydroxyl groups is 1. The van der Waals surface area contributed by atoms with Crippen LogP contribution in [0.3, 0.4) is 0 Å². The van der Waals surface area contributed by atoms with Crippen LogP contribution in [0, 0.1) is 5.92 Å². The zero-order valence-electron chi connectivity index (χ0n) is 9.74. The van der Waals surface area contributed by atoms with Gasteiger partial charge in [-0.15, -0.1) is 0 Å². The molecule has 0 spiro atoms. The third-order valence-electron chi connectivity index (χ3n) is 3.42. The van der Waals surface area contributed by atoms with Crippen LogP contribution in [-0.4, -0.2) is 17.1 Å². The van der Waals surface area contributed by atoms with Gasteiger partial charge < -0.3 is 10.4 Å². The van der Waals surface area contributed by atoms with Gasteiger partial charge in [0.15, 0.2) is 0 Å². The maximum absolute atomic E-state index is 11.9. The summed E-state index contributed by atoms with van der Waals surface area (Å²) >= 11 is 3.19. The second kappa shape index (κ2) is 5.08. The van der Waals surface area contributed by atoms with Crippen molar-refractivity contribution in [3.63, 3.8) is 0 Å². The predicted octanol–water partition coefficient (Wildman–Crippen LogP) is 3.07. The highest BCUT2D eigenvalue weighted by molar-refractivity contribution is 9.10. The van der Waals surface area contributed by atoms with Crippen LogP contribution < -0.4 is 5.32 Å². The van der Waals surface area contributed by atoms with Crippen LogP contribution in [0.1, 0.15) is 36.5 Å². The van der Waals surface area contributed by atoms with E-state index < -0.39 is 0 Å². The van der Waals surface area contributed by atoms with Gasteiger partial charge in [-0.25, -0.2) is 0 Å². The third kappa shape index (κ3) is 2.80. The Balaban J connectivity index is 2.01. The van der Waals surface area contributed by atoms with Crippen molar-refractivity contribution in [3.8, 4) is 5.75 Å². The molecule has 0 bridgehead atoms. The van der Waals surface area contributed by atoms with Crippen LogP contribution in [0.25, 0.3) is 0 Å². The van der Waals surface area contributed by atoms with Crippen LogP contribution in [0.4, 0.5) is 0 Å².